The van der Waals surface area contributed by atoms with Crippen LogP contribution in [0.1, 0.15) is 0 Å². The molecule has 0 bridgehead atoms. The monoisotopic (exact) mass is 388 g/mol. The molecule has 4 rings (SSSR count). The van der Waals surface area contributed by atoms with Crippen molar-refractivity contribution in [2.75, 3.05) is 12.8 Å². The molecule has 2 aromatic carbocycles. The Hall–Kier alpha value is -2.76. The summed E-state index contributed by atoms with van der Waals surface area (Å²) in [6.45, 7) is 0. The Labute approximate surface area is 163 Å². The zero-order valence-corrected chi connectivity index (χ0v) is 15.6. The van der Waals surface area contributed by atoms with Gasteiger partial charge in [-0.1, -0.05) is 24.3 Å². The number of halogens is 2. The van der Waals surface area contributed by atoms with E-state index in [1.807, 2.05) is 65.2 Å². The minimum Gasteiger partial charge on any atom is -0.497 e. The number of benzene rings is 2. The molecule has 0 unspecified atom stereocenters. The van der Waals surface area contributed by atoms with Crippen LogP contribution < -0.4 is 10.5 Å². The number of hydrogen-bond acceptors (Lipinski definition) is 4. The number of hydrogen-bond donors (Lipinski definition) is 1. The SMILES string of the molecule is COc1ccnc(-c2ccc3c(c2)nc(N)n3-c2ccccc2)c1.Cl.Cl. The van der Waals surface area contributed by atoms with Gasteiger partial charge in [0.15, 0.2) is 0 Å². The number of nitrogen functional groups attached to an aromatic ring is 1. The number of methoxy groups -OCH3 is 1. The van der Waals surface area contributed by atoms with Crippen LogP contribution in [0.5, 0.6) is 5.75 Å². The molecule has 0 fully saturated rings. The molecular formula is C19H18Cl2N4O. The van der Waals surface area contributed by atoms with Gasteiger partial charge in [-0.15, -0.1) is 24.8 Å². The zero-order valence-electron chi connectivity index (χ0n) is 14.0. The van der Waals surface area contributed by atoms with Crippen molar-refractivity contribution >= 4 is 41.8 Å². The summed E-state index contributed by atoms with van der Waals surface area (Å²) >= 11 is 0. The van der Waals surface area contributed by atoms with Crippen LogP contribution in [-0.4, -0.2) is 21.6 Å². The van der Waals surface area contributed by atoms with Gasteiger partial charge in [-0.05, 0) is 30.3 Å². The zero-order chi connectivity index (χ0) is 16.5. The third-order valence-corrected chi connectivity index (χ3v) is 3.96. The predicted molar refractivity (Wildman–Crippen MR) is 110 cm³/mol. The molecule has 26 heavy (non-hydrogen) atoms. The van der Waals surface area contributed by atoms with Gasteiger partial charge in [0.25, 0.3) is 0 Å². The van der Waals surface area contributed by atoms with Crippen molar-refractivity contribution in [3.63, 3.8) is 0 Å². The number of fused-ring (bicyclic) bond motifs is 1. The van der Waals surface area contributed by atoms with E-state index >= 15 is 0 Å². The Morgan fingerprint density at radius 1 is 0.962 bits per heavy atom. The van der Waals surface area contributed by atoms with Crippen molar-refractivity contribution < 1.29 is 4.74 Å². The predicted octanol–water partition coefficient (Wildman–Crippen LogP) is 4.52. The number of para-hydroxylation sites is 1. The van der Waals surface area contributed by atoms with Crippen LogP contribution in [-0.2, 0) is 0 Å². The Kier molecular flexibility index (Phi) is 6.08. The lowest BCUT2D eigenvalue weighted by Gasteiger charge is -2.07. The van der Waals surface area contributed by atoms with Gasteiger partial charge < -0.3 is 10.5 Å². The molecule has 5 nitrogen and oxygen atoms in total. The second kappa shape index (κ2) is 8.08. The third-order valence-electron chi connectivity index (χ3n) is 3.96. The first-order valence-corrected chi connectivity index (χ1v) is 7.60. The van der Waals surface area contributed by atoms with Gasteiger partial charge in [0.2, 0.25) is 5.95 Å². The average molecular weight is 389 g/mol. The van der Waals surface area contributed by atoms with Crippen molar-refractivity contribution in [2.24, 2.45) is 0 Å². The second-order valence-corrected chi connectivity index (χ2v) is 5.43. The summed E-state index contributed by atoms with van der Waals surface area (Å²) in [5.74, 6) is 1.24. The van der Waals surface area contributed by atoms with Crippen LogP contribution >= 0.6 is 24.8 Å². The molecule has 0 spiro atoms. The van der Waals surface area contributed by atoms with Crippen molar-refractivity contribution in [3.8, 4) is 22.7 Å². The minimum absolute atomic E-state index is 0. The molecule has 0 atom stereocenters. The molecule has 0 aliphatic heterocycles. The standard InChI is InChI=1S/C19H16N4O.2ClH/c1-24-15-9-10-21-16(12-15)13-7-8-18-17(11-13)22-19(20)23(18)14-5-3-2-4-6-14;;/h2-12H,1H3,(H2,20,22);2*1H. The highest BCUT2D eigenvalue weighted by Crippen LogP contribution is 2.28. The summed E-state index contributed by atoms with van der Waals surface area (Å²) in [6.07, 6.45) is 1.73. The van der Waals surface area contributed by atoms with Crippen LogP contribution in [0.25, 0.3) is 28.0 Å². The first kappa shape index (κ1) is 19.6. The smallest absolute Gasteiger partial charge is 0.205 e. The van der Waals surface area contributed by atoms with Gasteiger partial charge in [0.1, 0.15) is 5.75 Å². The topological polar surface area (TPSA) is 66.0 Å². The lowest BCUT2D eigenvalue weighted by molar-refractivity contribution is 0.414. The van der Waals surface area contributed by atoms with Crippen molar-refractivity contribution in [3.05, 3.63) is 66.9 Å². The van der Waals surface area contributed by atoms with E-state index < -0.39 is 0 Å². The molecule has 0 amide bonds. The summed E-state index contributed by atoms with van der Waals surface area (Å²) in [5.41, 5.74) is 10.7. The molecule has 0 radical (unpaired) electrons. The fourth-order valence-corrected chi connectivity index (χ4v) is 2.80. The molecule has 134 valence electrons. The van der Waals surface area contributed by atoms with Crippen molar-refractivity contribution in [2.45, 2.75) is 0 Å². The van der Waals surface area contributed by atoms with Crippen molar-refractivity contribution in [1.29, 1.82) is 0 Å². The quantitative estimate of drug-likeness (QED) is 0.560. The molecule has 4 aromatic rings. The van der Waals surface area contributed by atoms with Crippen LogP contribution in [0, 0.1) is 0 Å². The number of aromatic nitrogens is 3. The first-order chi connectivity index (χ1) is 11.8. The highest BCUT2D eigenvalue weighted by molar-refractivity contribution is 5.86. The third kappa shape index (κ3) is 3.45. The molecular weight excluding hydrogens is 371 g/mol. The number of ether oxygens (including phenoxy) is 1. The lowest BCUT2D eigenvalue weighted by atomic mass is 10.1. The van der Waals surface area contributed by atoms with Gasteiger partial charge >= 0.3 is 0 Å². The Balaban J connectivity index is 0.00000121. The fraction of sp³-hybridized carbons (Fsp3) is 0.0526. The molecule has 0 aliphatic carbocycles. The molecule has 0 aliphatic rings. The highest BCUT2D eigenvalue weighted by Gasteiger charge is 2.11. The van der Waals surface area contributed by atoms with E-state index in [4.69, 9.17) is 10.5 Å². The summed E-state index contributed by atoms with van der Waals surface area (Å²) in [4.78, 5) is 8.91. The second-order valence-electron chi connectivity index (χ2n) is 5.43. The maximum atomic E-state index is 6.14. The van der Waals surface area contributed by atoms with Crippen LogP contribution in [0.4, 0.5) is 5.95 Å². The normalized spacial score (nSPS) is 10.0. The molecule has 0 saturated heterocycles. The molecule has 7 heteroatoms. The van der Waals surface area contributed by atoms with E-state index in [1.54, 1.807) is 13.3 Å². The summed E-state index contributed by atoms with van der Waals surface area (Å²) in [5, 5.41) is 0. The van der Waals surface area contributed by atoms with Gasteiger partial charge in [-0.2, -0.15) is 0 Å². The summed E-state index contributed by atoms with van der Waals surface area (Å²) in [7, 11) is 1.64. The number of pyridine rings is 1. The average Bonchev–Trinajstić information content (AvgIpc) is 2.97. The van der Waals surface area contributed by atoms with Gasteiger partial charge in [-0.25, -0.2) is 4.98 Å². The molecule has 2 aromatic heterocycles. The van der Waals surface area contributed by atoms with Crippen LogP contribution in [0.15, 0.2) is 66.9 Å². The minimum atomic E-state index is 0. The van der Waals surface area contributed by atoms with Gasteiger partial charge in [0, 0.05) is 23.5 Å². The molecule has 2 heterocycles. The number of nitrogens with zero attached hydrogens (tertiary/aromatic N) is 3. The Morgan fingerprint density at radius 2 is 1.73 bits per heavy atom. The molecule has 0 saturated carbocycles. The summed E-state index contributed by atoms with van der Waals surface area (Å²) in [6, 6.07) is 19.7. The number of anilines is 1. The Bertz CT molecular complexity index is 1020. The maximum Gasteiger partial charge on any atom is 0.205 e. The summed E-state index contributed by atoms with van der Waals surface area (Å²) < 4.78 is 7.21. The van der Waals surface area contributed by atoms with Crippen LogP contribution in [0.2, 0.25) is 0 Å². The van der Waals surface area contributed by atoms with Crippen LogP contribution in [0.3, 0.4) is 0 Å². The highest BCUT2D eigenvalue weighted by atomic mass is 35.5. The fourth-order valence-electron chi connectivity index (χ4n) is 2.80. The number of rotatable bonds is 3. The number of nitrogens with two attached hydrogens (primary N) is 1. The maximum absolute atomic E-state index is 6.14. The van der Waals surface area contributed by atoms with E-state index in [9.17, 15) is 0 Å². The Morgan fingerprint density at radius 3 is 2.46 bits per heavy atom. The van der Waals surface area contributed by atoms with E-state index in [0.29, 0.717) is 5.95 Å². The van der Waals surface area contributed by atoms with E-state index in [0.717, 1.165) is 33.7 Å². The van der Waals surface area contributed by atoms with E-state index in [2.05, 4.69) is 9.97 Å². The molecule has 2 N–H and O–H groups in total. The van der Waals surface area contributed by atoms with Gasteiger partial charge in [-0.3, -0.25) is 9.55 Å². The largest absolute Gasteiger partial charge is 0.497 e. The lowest BCUT2D eigenvalue weighted by Crippen LogP contribution is -1.99. The van der Waals surface area contributed by atoms with Gasteiger partial charge in [0.05, 0.1) is 23.8 Å². The first-order valence-electron chi connectivity index (χ1n) is 7.60. The van der Waals surface area contributed by atoms with E-state index in [1.165, 1.54) is 0 Å². The number of imidazole rings is 1. The van der Waals surface area contributed by atoms with Crippen molar-refractivity contribution in [1.82, 2.24) is 14.5 Å². The van der Waals surface area contributed by atoms with E-state index in [-0.39, 0.29) is 24.8 Å².